The SMILES string of the molecule is Cc1nn(-c2ccc3nnc(C(F)(F)F)n3n2)c(C)c1CCC(=O)N1CCN(Cc2cccc(C#N)c2C)CC1. The predicted octanol–water partition coefficient (Wildman–Crippen LogP) is 3.40. The van der Waals surface area contributed by atoms with Gasteiger partial charge < -0.3 is 4.90 Å². The summed E-state index contributed by atoms with van der Waals surface area (Å²) in [5, 5.41) is 24.6. The minimum absolute atomic E-state index is 0.0191. The maximum atomic E-state index is 13.3. The molecule has 1 aliphatic heterocycles. The Labute approximate surface area is 228 Å². The minimum atomic E-state index is -4.70. The molecule has 0 unspecified atom stereocenters. The summed E-state index contributed by atoms with van der Waals surface area (Å²) < 4.78 is 42.0. The summed E-state index contributed by atoms with van der Waals surface area (Å²) in [7, 11) is 0. The largest absolute Gasteiger partial charge is 0.453 e. The van der Waals surface area contributed by atoms with Gasteiger partial charge >= 0.3 is 6.18 Å². The number of halogens is 3. The fourth-order valence-electron chi connectivity index (χ4n) is 5.09. The van der Waals surface area contributed by atoms with Crippen LogP contribution in [0.5, 0.6) is 0 Å². The third-order valence-electron chi connectivity index (χ3n) is 7.43. The molecule has 1 fully saturated rings. The number of rotatable bonds is 6. The molecule has 0 saturated carbocycles. The van der Waals surface area contributed by atoms with Crippen molar-refractivity contribution in [2.75, 3.05) is 26.2 Å². The first-order valence-electron chi connectivity index (χ1n) is 12.9. The highest BCUT2D eigenvalue weighted by Crippen LogP contribution is 2.28. The predicted molar refractivity (Wildman–Crippen MR) is 138 cm³/mol. The first-order chi connectivity index (χ1) is 19.1. The van der Waals surface area contributed by atoms with Crippen LogP contribution >= 0.6 is 0 Å². The molecule has 4 heterocycles. The van der Waals surface area contributed by atoms with E-state index in [2.05, 4.69) is 31.4 Å². The van der Waals surface area contributed by atoms with Gasteiger partial charge in [-0.2, -0.15) is 28.0 Å². The van der Waals surface area contributed by atoms with Crippen LogP contribution in [0.15, 0.2) is 30.3 Å². The Bertz CT molecular complexity index is 1610. The van der Waals surface area contributed by atoms with Crippen molar-refractivity contribution >= 4 is 11.6 Å². The smallest absolute Gasteiger partial charge is 0.340 e. The molecule has 1 amide bonds. The van der Waals surface area contributed by atoms with Gasteiger partial charge in [-0.25, -0.2) is 4.68 Å². The van der Waals surface area contributed by atoms with Crippen molar-refractivity contribution < 1.29 is 18.0 Å². The van der Waals surface area contributed by atoms with Gasteiger partial charge in [-0.15, -0.1) is 15.3 Å². The first kappa shape index (κ1) is 27.3. The van der Waals surface area contributed by atoms with Gasteiger partial charge in [-0.3, -0.25) is 9.69 Å². The van der Waals surface area contributed by atoms with Crippen molar-refractivity contribution in [1.29, 1.82) is 5.26 Å². The first-order valence-corrected chi connectivity index (χ1v) is 12.9. The van der Waals surface area contributed by atoms with E-state index in [0.717, 1.165) is 36.3 Å². The summed E-state index contributed by atoms with van der Waals surface area (Å²) in [6, 6.07) is 10.9. The molecule has 0 atom stereocenters. The molecule has 40 heavy (non-hydrogen) atoms. The van der Waals surface area contributed by atoms with E-state index in [9.17, 15) is 23.2 Å². The summed E-state index contributed by atoms with van der Waals surface area (Å²) in [5.41, 5.74) is 5.03. The zero-order chi connectivity index (χ0) is 28.6. The third kappa shape index (κ3) is 5.27. The number of hydrogen-bond donors (Lipinski definition) is 0. The van der Waals surface area contributed by atoms with Crippen molar-refractivity contribution in [3.8, 4) is 11.9 Å². The second kappa shape index (κ2) is 10.7. The van der Waals surface area contributed by atoms with Gasteiger partial charge in [0.05, 0.1) is 17.3 Å². The van der Waals surface area contributed by atoms with E-state index >= 15 is 0 Å². The number of nitriles is 1. The third-order valence-corrected chi connectivity index (χ3v) is 7.43. The number of fused-ring (bicyclic) bond motifs is 1. The van der Waals surface area contributed by atoms with Crippen LogP contribution in [0.4, 0.5) is 13.2 Å². The number of hydrogen-bond acceptors (Lipinski definition) is 7. The quantitative estimate of drug-likeness (QED) is 0.361. The molecular weight excluding hydrogens is 523 g/mol. The van der Waals surface area contributed by atoms with Crippen molar-refractivity contribution in [2.45, 2.75) is 46.3 Å². The maximum Gasteiger partial charge on any atom is 0.453 e. The lowest BCUT2D eigenvalue weighted by molar-refractivity contribution is -0.146. The normalized spacial score (nSPS) is 14.6. The number of nitrogens with zero attached hydrogens (tertiary/aromatic N) is 9. The van der Waals surface area contributed by atoms with E-state index < -0.39 is 12.0 Å². The Hall–Kier alpha value is -4.31. The van der Waals surface area contributed by atoms with Crippen LogP contribution in [0.3, 0.4) is 0 Å². The second-order valence-corrected chi connectivity index (χ2v) is 9.90. The van der Waals surface area contributed by atoms with Gasteiger partial charge in [-0.1, -0.05) is 12.1 Å². The molecule has 4 aromatic rings. The van der Waals surface area contributed by atoms with Crippen LogP contribution in [-0.2, 0) is 23.9 Å². The highest BCUT2D eigenvalue weighted by Gasteiger charge is 2.37. The number of amides is 1. The fraction of sp³-hybridized carbons (Fsp3) is 0.407. The van der Waals surface area contributed by atoms with Crippen LogP contribution in [-0.4, -0.2) is 71.5 Å². The molecule has 3 aromatic heterocycles. The Kier molecular flexibility index (Phi) is 7.29. The molecule has 5 rings (SSSR count). The standard InChI is InChI=1S/C27H28F3N9O/c1-17-20(15-31)5-4-6-21(17)16-36-11-13-37(14-12-36)25(40)10-7-22-18(2)34-38(19(22)3)24-9-8-23-32-33-26(27(28,29)30)39(23)35-24/h4-6,8-9H,7,10-14,16H2,1-3H3. The fourth-order valence-corrected chi connectivity index (χ4v) is 5.09. The molecule has 208 valence electrons. The summed E-state index contributed by atoms with van der Waals surface area (Å²) in [5.74, 6) is -0.960. The molecule has 1 saturated heterocycles. The van der Waals surface area contributed by atoms with Gasteiger partial charge in [0.1, 0.15) is 0 Å². The lowest BCUT2D eigenvalue weighted by Crippen LogP contribution is -2.48. The average molecular weight is 552 g/mol. The summed E-state index contributed by atoms with van der Waals surface area (Å²) in [4.78, 5) is 17.2. The highest BCUT2D eigenvalue weighted by atomic mass is 19.4. The van der Waals surface area contributed by atoms with Crippen molar-refractivity contribution in [3.05, 3.63) is 69.8 Å². The molecule has 0 N–H and O–H groups in total. The van der Waals surface area contributed by atoms with E-state index in [1.165, 1.54) is 16.8 Å². The number of carbonyl (C=O) groups excluding carboxylic acids is 1. The van der Waals surface area contributed by atoms with Gasteiger partial charge in [0.2, 0.25) is 5.91 Å². The number of alkyl halides is 3. The molecule has 1 aromatic carbocycles. The van der Waals surface area contributed by atoms with E-state index in [1.807, 2.05) is 43.9 Å². The number of piperazine rings is 1. The van der Waals surface area contributed by atoms with Gasteiger partial charge in [0.25, 0.3) is 5.82 Å². The van der Waals surface area contributed by atoms with Crippen LogP contribution in [0.25, 0.3) is 11.5 Å². The van der Waals surface area contributed by atoms with Crippen LogP contribution in [0, 0.1) is 32.1 Å². The van der Waals surface area contributed by atoms with Crippen LogP contribution in [0.2, 0.25) is 0 Å². The Morgan fingerprint density at radius 2 is 1.77 bits per heavy atom. The van der Waals surface area contributed by atoms with Gasteiger partial charge in [0, 0.05) is 44.8 Å². The Morgan fingerprint density at radius 1 is 1.02 bits per heavy atom. The van der Waals surface area contributed by atoms with Crippen LogP contribution in [0.1, 0.15) is 45.9 Å². The van der Waals surface area contributed by atoms with Gasteiger partial charge in [0.15, 0.2) is 11.5 Å². The molecule has 0 spiro atoms. The number of carbonyl (C=O) groups is 1. The zero-order valence-electron chi connectivity index (χ0n) is 22.4. The van der Waals surface area contributed by atoms with Crippen molar-refractivity contribution in [1.82, 2.24) is 39.4 Å². The lowest BCUT2D eigenvalue weighted by atomic mass is 10.0. The molecular formula is C27H28F3N9O. The number of aryl methyl sites for hydroxylation is 1. The molecule has 1 aliphatic rings. The van der Waals surface area contributed by atoms with E-state index in [0.29, 0.717) is 47.4 Å². The molecule has 13 heteroatoms. The summed E-state index contributed by atoms with van der Waals surface area (Å²) in [6.07, 6.45) is -3.94. The molecule has 0 aliphatic carbocycles. The highest BCUT2D eigenvalue weighted by molar-refractivity contribution is 5.76. The summed E-state index contributed by atoms with van der Waals surface area (Å²) >= 11 is 0. The zero-order valence-corrected chi connectivity index (χ0v) is 22.4. The number of aromatic nitrogens is 6. The van der Waals surface area contributed by atoms with E-state index in [-0.39, 0.29) is 17.4 Å². The van der Waals surface area contributed by atoms with Crippen molar-refractivity contribution in [3.63, 3.8) is 0 Å². The Balaban J connectivity index is 1.22. The average Bonchev–Trinajstić information content (AvgIpc) is 3.49. The molecule has 0 radical (unpaired) electrons. The Morgan fingerprint density at radius 3 is 2.48 bits per heavy atom. The molecule has 10 nitrogen and oxygen atoms in total. The number of benzene rings is 1. The topological polar surface area (TPSA) is 108 Å². The monoisotopic (exact) mass is 551 g/mol. The molecule has 0 bridgehead atoms. The summed E-state index contributed by atoms with van der Waals surface area (Å²) in [6.45, 7) is 9.05. The van der Waals surface area contributed by atoms with Crippen molar-refractivity contribution in [2.24, 2.45) is 0 Å². The van der Waals surface area contributed by atoms with E-state index in [1.54, 1.807) is 0 Å². The maximum absolute atomic E-state index is 13.3. The van der Waals surface area contributed by atoms with Gasteiger partial charge in [-0.05, 0) is 62.1 Å². The minimum Gasteiger partial charge on any atom is -0.340 e. The van der Waals surface area contributed by atoms with E-state index in [4.69, 9.17) is 0 Å². The van der Waals surface area contributed by atoms with Crippen LogP contribution < -0.4 is 0 Å². The lowest BCUT2D eigenvalue weighted by Gasteiger charge is -2.35. The second-order valence-electron chi connectivity index (χ2n) is 9.90.